The van der Waals surface area contributed by atoms with Gasteiger partial charge in [-0.1, -0.05) is 209 Å². The monoisotopic (exact) mass is 1200 g/mol. The van der Waals surface area contributed by atoms with Gasteiger partial charge in [0.15, 0.2) is 18.9 Å². The van der Waals surface area contributed by atoms with E-state index in [1.54, 1.807) is 0 Å². The van der Waals surface area contributed by atoms with Crippen molar-refractivity contribution < 1.29 is 89.4 Å². The van der Waals surface area contributed by atoms with Crippen LogP contribution in [0.2, 0.25) is 0 Å². The molecule has 0 aromatic carbocycles. The van der Waals surface area contributed by atoms with Crippen LogP contribution in [0, 0.1) is 0 Å². The SMILES string of the molecule is CC/C=C\C/C=C\C/C=C\C/C=C\C/C=C\CCCCCC(=O)NC(COC1OC(CO)C(OC2OC(CO)C(OC3OC(CO)C(O)C(O)C3O)C(O)C2O)C(O)C1O)C(O)CCCCCCCCCCCCCCCCCCCCCC. The number of ether oxygens (including phenoxy) is 6. The standard InChI is InChI=1S/C65H115NO18/c1-3-5-7-9-11-13-15-17-19-21-23-25-26-28-30-32-34-36-38-40-42-49(70)48(66-53(71)43-41-39-37-35-33-31-29-27-24-22-20-18-16-14-12-10-8-6-4-2)47-79-63-59(77)56(74)61(51(45-68)81-63)84-65-60(78)57(75)62(52(46-69)82-65)83-64-58(76)55(73)54(72)50(44-67)80-64/h6,8,12,14,18,20,24,27,31,33,48-52,54-65,67-70,72-78H,3-5,7,9-11,13,15-17,19,21-23,25-26,28-30,32,34-47H2,1-2H3,(H,66,71)/b8-6-,14-12-,20-18-,27-24-,33-31-. The Labute approximate surface area is 503 Å². The molecule has 12 N–H and O–H groups in total. The molecule has 84 heavy (non-hydrogen) atoms. The van der Waals surface area contributed by atoms with Crippen LogP contribution in [0.25, 0.3) is 0 Å². The molecule has 17 unspecified atom stereocenters. The minimum absolute atomic E-state index is 0.225. The lowest BCUT2D eigenvalue weighted by Crippen LogP contribution is -2.66. The summed E-state index contributed by atoms with van der Waals surface area (Å²) < 4.78 is 34.3. The molecule has 0 aromatic rings. The minimum atomic E-state index is -1.98. The number of aliphatic hydroxyl groups excluding tert-OH is 11. The normalized spacial score (nSPS) is 29.6. The van der Waals surface area contributed by atoms with Crippen LogP contribution < -0.4 is 5.32 Å². The van der Waals surface area contributed by atoms with Crippen molar-refractivity contribution in [1.29, 1.82) is 0 Å². The molecule has 0 aromatic heterocycles. The van der Waals surface area contributed by atoms with Crippen molar-refractivity contribution in [3.05, 3.63) is 60.8 Å². The first-order valence-electron chi connectivity index (χ1n) is 32.5. The second-order valence-corrected chi connectivity index (χ2v) is 23.2. The highest BCUT2D eigenvalue weighted by molar-refractivity contribution is 5.76. The van der Waals surface area contributed by atoms with Crippen LogP contribution in [-0.2, 0) is 33.2 Å². The number of amides is 1. The zero-order valence-electron chi connectivity index (χ0n) is 51.1. The van der Waals surface area contributed by atoms with Gasteiger partial charge in [-0.25, -0.2) is 0 Å². The van der Waals surface area contributed by atoms with Crippen molar-refractivity contribution >= 4 is 5.91 Å². The molecule has 1 amide bonds. The van der Waals surface area contributed by atoms with Gasteiger partial charge >= 0.3 is 0 Å². The highest BCUT2D eigenvalue weighted by Crippen LogP contribution is 2.33. The molecule has 3 aliphatic heterocycles. The molecule has 17 atom stereocenters. The highest BCUT2D eigenvalue weighted by Gasteiger charge is 2.53. The zero-order valence-corrected chi connectivity index (χ0v) is 51.1. The van der Waals surface area contributed by atoms with Crippen molar-refractivity contribution in [1.82, 2.24) is 5.32 Å². The van der Waals surface area contributed by atoms with Crippen molar-refractivity contribution in [3.63, 3.8) is 0 Å². The lowest BCUT2D eigenvalue weighted by molar-refractivity contribution is -0.379. The van der Waals surface area contributed by atoms with Crippen molar-refractivity contribution in [3.8, 4) is 0 Å². The third kappa shape index (κ3) is 30.1. The second-order valence-electron chi connectivity index (χ2n) is 23.2. The van der Waals surface area contributed by atoms with E-state index in [2.05, 4.69) is 79.9 Å². The number of allylic oxidation sites excluding steroid dienone is 10. The first-order valence-corrected chi connectivity index (χ1v) is 32.5. The number of nitrogens with one attached hydrogen (secondary N) is 1. The molecule has 488 valence electrons. The van der Waals surface area contributed by atoms with Crippen molar-refractivity contribution in [2.24, 2.45) is 0 Å². The predicted octanol–water partition coefficient (Wildman–Crippen LogP) is 7.21. The lowest BCUT2D eigenvalue weighted by atomic mass is 9.96. The number of carbonyl (C=O) groups excluding carboxylic acids is 1. The summed E-state index contributed by atoms with van der Waals surface area (Å²) in [7, 11) is 0. The molecular weight excluding hydrogens is 1080 g/mol. The van der Waals surface area contributed by atoms with Gasteiger partial charge in [0.05, 0.1) is 38.6 Å². The average Bonchev–Trinajstić information content (AvgIpc) is 2.79. The molecule has 3 fully saturated rings. The van der Waals surface area contributed by atoms with E-state index in [9.17, 15) is 61.0 Å². The Hall–Kier alpha value is -2.51. The predicted molar refractivity (Wildman–Crippen MR) is 323 cm³/mol. The molecule has 0 radical (unpaired) electrons. The summed E-state index contributed by atoms with van der Waals surface area (Å²) in [4.78, 5) is 13.4. The zero-order chi connectivity index (χ0) is 61.2. The molecule has 3 heterocycles. The Bertz CT molecular complexity index is 1770. The first-order chi connectivity index (χ1) is 40.8. The van der Waals surface area contributed by atoms with Crippen LogP contribution in [0.4, 0.5) is 0 Å². The van der Waals surface area contributed by atoms with Gasteiger partial charge in [-0.05, 0) is 57.8 Å². The lowest BCUT2D eigenvalue weighted by Gasteiger charge is -2.48. The molecule has 3 rings (SSSR count). The molecule has 3 aliphatic rings. The van der Waals surface area contributed by atoms with Crippen LogP contribution in [0.15, 0.2) is 60.8 Å². The summed E-state index contributed by atoms with van der Waals surface area (Å²) in [6.45, 7) is 1.66. The molecule has 0 bridgehead atoms. The van der Waals surface area contributed by atoms with E-state index < -0.39 is 124 Å². The number of rotatable bonds is 48. The largest absolute Gasteiger partial charge is 0.394 e. The van der Waals surface area contributed by atoms with E-state index in [0.717, 1.165) is 77.0 Å². The van der Waals surface area contributed by atoms with Crippen LogP contribution in [0.5, 0.6) is 0 Å². The van der Waals surface area contributed by atoms with Gasteiger partial charge in [0.2, 0.25) is 5.91 Å². The Morgan fingerprint density at radius 3 is 1.27 bits per heavy atom. The van der Waals surface area contributed by atoms with E-state index >= 15 is 0 Å². The van der Waals surface area contributed by atoms with Crippen LogP contribution >= 0.6 is 0 Å². The van der Waals surface area contributed by atoms with Crippen molar-refractivity contribution in [2.45, 2.75) is 317 Å². The van der Waals surface area contributed by atoms with Gasteiger partial charge in [-0.3, -0.25) is 4.79 Å². The van der Waals surface area contributed by atoms with Gasteiger partial charge < -0.3 is 89.9 Å². The van der Waals surface area contributed by atoms with Crippen LogP contribution in [-0.4, -0.2) is 193 Å². The summed E-state index contributed by atoms with van der Waals surface area (Å²) in [6, 6.07) is -0.908. The summed E-state index contributed by atoms with van der Waals surface area (Å²) in [5.74, 6) is -0.275. The Morgan fingerprint density at radius 2 is 0.821 bits per heavy atom. The minimum Gasteiger partial charge on any atom is -0.394 e. The smallest absolute Gasteiger partial charge is 0.220 e. The number of unbranched alkanes of at least 4 members (excludes halogenated alkanes) is 22. The number of carbonyl (C=O) groups is 1. The summed E-state index contributed by atoms with van der Waals surface area (Å²) >= 11 is 0. The maximum atomic E-state index is 13.4. The second kappa shape index (κ2) is 47.5. The maximum Gasteiger partial charge on any atom is 0.220 e. The molecule has 0 saturated carbocycles. The van der Waals surface area contributed by atoms with Crippen LogP contribution in [0.3, 0.4) is 0 Å². The first kappa shape index (κ1) is 75.7. The Morgan fingerprint density at radius 1 is 0.440 bits per heavy atom. The molecule has 19 nitrogen and oxygen atoms in total. The van der Waals surface area contributed by atoms with E-state index in [0.29, 0.717) is 12.8 Å². The highest BCUT2D eigenvalue weighted by atomic mass is 16.8. The molecular formula is C65H115NO18. The molecule has 0 spiro atoms. The van der Waals surface area contributed by atoms with Gasteiger partial charge in [-0.2, -0.15) is 0 Å². The fourth-order valence-electron chi connectivity index (χ4n) is 10.8. The Balaban J connectivity index is 1.48. The van der Waals surface area contributed by atoms with E-state index in [4.69, 9.17) is 28.4 Å². The summed E-state index contributed by atoms with van der Waals surface area (Å²) in [6.07, 6.45) is 28.6. The van der Waals surface area contributed by atoms with Crippen molar-refractivity contribution in [2.75, 3.05) is 26.4 Å². The van der Waals surface area contributed by atoms with Gasteiger partial charge in [0.25, 0.3) is 0 Å². The quantitative estimate of drug-likeness (QED) is 0.0211. The fraction of sp³-hybridized carbons (Fsp3) is 0.831. The number of aliphatic hydroxyl groups is 11. The third-order valence-corrected chi connectivity index (χ3v) is 16.1. The van der Waals surface area contributed by atoms with Gasteiger partial charge in [0, 0.05) is 6.42 Å². The molecule has 0 aliphatic carbocycles. The number of hydrogen-bond donors (Lipinski definition) is 12. The van der Waals surface area contributed by atoms with E-state index in [-0.39, 0.29) is 18.9 Å². The Kier molecular flexibility index (Phi) is 42.8. The average molecular weight is 1200 g/mol. The fourth-order valence-corrected chi connectivity index (χ4v) is 10.8. The van der Waals surface area contributed by atoms with Crippen LogP contribution in [0.1, 0.15) is 213 Å². The van der Waals surface area contributed by atoms with Gasteiger partial charge in [0.1, 0.15) is 73.2 Å². The van der Waals surface area contributed by atoms with E-state index in [1.807, 2.05) is 0 Å². The number of hydrogen-bond acceptors (Lipinski definition) is 18. The molecule has 3 saturated heterocycles. The van der Waals surface area contributed by atoms with Gasteiger partial charge in [-0.15, -0.1) is 0 Å². The maximum absolute atomic E-state index is 13.4. The third-order valence-electron chi connectivity index (χ3n) is 16.1. The summed E-state index contributed by atoms with van der Waals surface area (Å²) in [5, 5.41) is 120. The van der Waals surface area contributed by atoms with E-state index in [1.165, 1.54) is 103 Å². The molecule has 19 heteroatoms. The summed E-state index contributed by atoms with van der Waals surface area (Å²) in [5.41, 5.74) is 0. The topological polar surface area (TPSA) is 307 Å².